The molecule has 1 N–H and O–H groups in total. The maximum absolute atomic E-state index is 13.3. The Labute approximate surface area is 233 Å². The summed E-state index contributed by atoms with van der Waals surface area (Å²) in [6.07, 6.45) is 1.31. The number of aryl methyl sites for hydroxylation is 3. The van der Waals surface area contributed by atoms with E-state index in [9.17, 15) is 22.8 Å². The lowest BCUT2D eigenvalue weighted by atomic mass is 10.0. The predicted molar refractivity (Wildman–Crippen MR) is 150 cm³/mol. The molecule has 1 saturated heterocycles. The van der Waals surface area contributed by atoms with Gasteiger partial charge in [-0.15, -0.1) is 0 Å². The lowest BCUT2D eigenvalue weighted by Gasteiger charge is -2.27. The summed E-state index contributed by atoms with van der Waals surface area (Å²) in [6, 6.07) is 13.4. The molecular weight excluding hydrogens is 623 g/mol. The fourth-order valence-electron chi connectivity index (χ4n) is 3.69. The van der Waals surface area contributed by atoms with E-state index in [0.717, 1.165) is 21.6 Å². The van der Waals surface area contributed by atoms with E-state index in [2.05, 4.69) is 5.32 Å². The molecule has 0 radical (unpaired) electrons. The molecule has 196 valence electrons. The zero-order valence-electron chi connectivity index (χ0n) is 20.9. The first-order chi connectivity index (χ1) is 17.9. The number of halogens is 1. The van der Waals surface area contributed by atoms with Gasteiger partial charge in [0.15, 0.2) is 11.5 Å². The minimum atomic E-state index is -4.16. The van der Waals surface area contributed by atoms with Crippen molar-refractivity contribution in [3.05, 3.63) is 86.0 Å². The third-order valence-corrected chi connectivity index (χ3v) is 7.95. The molecule has 0 saturated carbocycles. The molecule has 4 amide bonds. The molecule has 4 rings (SSSR count). The Hall–Kier alpha value is -3.71. The smallest absolute Gasteiger partial charge is 0.339 e. The van der Waals surface area contributed by atoms with E-state index in [1.807, 2.05) is 43.4 Å². The Morgan fingerprint density at radius 2 is 1.61 bits per heavy atom. The van der Waals surface area contributed by atoms with E-state index in [4.69, 9.17) is 8.92 Å². The zero-order chi connectivity index (χ0) is 27.8. The molecule has 1 aliphatic heterocycles. The van der Waals surface area contributed by atoms with Crippen molar-refractivity contribution < 1.29 is 31.7 Å². The van der Waals surface area contributed by atoms with Gasteiger partial charge in [-0.3, -0.25) is 14.9 Å². The molecule has 0 unspecified atom stereocenters. The molecule has 1 aliphatic rings. The summed E-state index contributed by atoms with van der Waals surface area (Å²) in [5, 5.41) is 2.19. The second-order valence-electron chi connectivity index (χ2n) is 8.61. The van der Waals surface area contributed by atoms with Gasteiger partial charge in [0.2, 0.25) is 0 Å². The van der Waals surface area contributed by atoms with E-state index < -0.39 is 28.0 Å². The van der Waals surface area contributed by atoms with Crippen LogP contribution in [0.2, 0.25) is 0 Å². The number of ether oxygens (including phenoxy) is 1. The van der Waals surface area contributed by atoms with Crippen LogP contribution < -0.4 is 19.1 Å². The summed E-state index contributed by atoms with van der Waals surface area (Å²) in [5.74, 6) is -1.61. The van der Waals surface area contributed by atoms with Crippen molar-refractivity contribution in [2.24, 2.45) is 0 Å². The molecular formula is C27H23IN2O7S. The number of methoxy groups -OCH3 is 1. The maximum atomic E-state index is 13.3. The number of nitrogens with zero attached hydrogens (tertiary/aromatic N) is 1. The fraction of sp³-hybridized carbons (Fsp3) is 0.148. The van der Waals surface area contributed by atoms with Crippen molar-refractivity contribution in [1.29, 1.82) is 0 Å². The van der Waals surface area contributed by atoms with Crippen molar-refractivity contribution in [2.75, 3.05) is 12.0 Å². The molecule has 3 aromatic rings. The van der Waals surface area contributed by atoms with Crippen molar-refractivity contribution in [2.45, 2.75) is 25.7 Å². The van der Waals surface area contributed by atoms with Gasteiger partial charge in [-0.25, -0.2) is 9.69 Å². The second kappa shape index (κ2) is 10.6. The second-order valence-corrected chi connectivity index (χ2v) is 11.3. The first-order valence-corrected chi connectivity index (χ1v) is 13.8. The van der Waals surface area contributed by atoms with Crippen LogP contribution in [0.4, 0.5) is 10.5 Å². The number of amides is 4. The first kappa shape index (κ1) is 27.3. The van der Waals surface area contributed by atoms with Crippen LogP contribution in [0.1, 0.15) is 22.3 Å². The number of carbonyl (C=O) groups is 3. The number of hydrogen-bond acceptors (Lipinski definition) is 7. The molecule has 1 fully saturated rings. The summed E-state index contributed by atoms with van der Waals surface area (Å²) in [7, 11) is -2.82. The molecule has 0 aliphatic carbocycles. The van der Waals surface area contributed by atoms with Crippen LogP contribution in [0.25, 0.3) is 6.08 Å². The van der Waals surface area contributed by atoms with Gasteiger partial charge in [0.25, 0.3) is 11.8 Å². The lowest BCUT2D eigenvalue weighted by Crippen LogP contribution is -2.54. The van der Waals surface area contributed by atoms with Crippen LogP contribution in [0.15, 0.2) is 65.1 Å². The van der Waals surface area contributed by atoms with Gasteiger partial charge in [-0.2, -0.15) is 8.42 Å². The van der Waals surface area contributed by atoms with E-state index in [-0.39, 0.29) is 22.0 Å². The van der Waals surface area contributed by atoms with Crippen LogP contribution in [0, 0.1) is 24.3 Å². The largest absolute Gasteiger partial charge is 0.493 e. The van der Waals surface area contributed by atoms with Crippen molar-refractivity contribution in [3.63, 3.8) is 0 Å². The van der Waals surface area contributed by atoms with E-state index in [1.165, 1.54) is 37.5 Å². The maximum Gasteiger partial charge on any atom is 0.339 e. The number of hydrogen-bond donors (Lipinski definition) is 1. The molecule has 38 heavy (non-hydrogen) atoms. The number of imide groups is 2. The predicted octanol–water partition coefficient (Wildman–Crippen LogP) is 4.66. The van der Waals surface area contributed by atoms with Gasteiger partial charge >= 0.3 is 16.1 Å². The Kier molecular flexibility index (Phi) is 7.61. The number of nitrogens with one attached hydrogen (secondary N) is 1. The highest BCUT2D eigenvalue weighted by Gasteiger charge is 2.37. The third-order valence-electron chi connectivity index (χ3n) is 5.92. The molecule has 0 bridgehead atoms. The summed E-state index contributed by atoms with van der Waals surface area (Å²) in [6.45, 7) is 5.59. The van der Waals surface area contributed by atoms with E-state index >= 15 is 0 Å². The van der Waals surface area contributed by atoms with Crippen LogP contribution in [0.5, 0.6) is 11.5 Å². The van der Waals surface area contributed by atoms with E-state index in [1.54, 1.807) is 30.3 Å². The van der Waals surface area contributed by atoms with Crippen LogP contribution in [-0.2, 0) is 19.7 Å². The summed E-state index contributed by atoms with van der Waals surface area (Å²) in [5.41, 5.74) is 3.17. The van der Waals surface area contributed by atoms with Gasteiger partial charge in [-0.05, 0) is 103 Å². The zero-order valence-corrected chi connectivity index (χ0v) is 23.8. The number of benzene rings is 3. The van der Waals surface area contributed by atoms with Gasteiger partial charge < -0.3 is 8.92 Å². The highest BCUT2D eigenvalue weighted by atomic mass is 127. The highest BCUT2D eigenvalue weighted by Crippen LogP contribution is 2.37. The van der Waals surface area contributed by atoms with Gasteiger partial charge in [-0.1, -0.05) is 23.8 Å². The van der Waals surface area contributed by atoms with E-state index in [0.29, 0.717) is 14.8 Å². The molecule has 11 heteroatoms. The number of urea groups is 1. The SMILES string of the molecule is COc1cc(/C=C2\C(=O)NC(=O)N(c3ccc(C)c(C)c3)C2=O)cc(I)c1OS(=O)(=O)c1ccc(C)cc1. The van der Waals surface area contributed by atoms with Gasteiger partial charge in [0, 0.05) is 0 Å². The lowest BCUT2D eigenvalue weighted by molar-refractivity contribution is -0.122. The Bertz CT molecular complexity index is 1610. The Balaban J connectivity index is 1.70. The third kappa shape index (κ3) is 5.43. The van der Waals surface area contributed by atoms with Crippen molar-refractivity contribution >= 4 is 62.3 Å². The van der Waals surface area contributed by atoms with Crippen molar-refractivity contribution in [1.82, 2.24) is 5.32 Å². The van der Waals surface area contributed by atoms with Crippen LogP contribution in [0.3, 0.4) is 0 Å². The molecule has 0 atom stereocenters. The minimum absolute atomic E-state index is 0.0206. The van der Waals surface area contributed by atoms with Crippen LogP contribution in [-0.4, -0.2) is 33.4 Å². The molecule has 3 aromatic carbocycles. The van der Waals surface area contributed by atoms with Gasteiger partial charge in [0.1, 0.15) is 10.5 Å². The van der Waals surface area contributed by atoms with Crippen LogP contribution >= 0.6 is 22.6 Å². The minimum Gasteiger partial charge on any atom is -0.493 e. The number of anilines is 1. The summed E-state index contributed by atoms with van der Waals surface area (Å²) in [4.78, 5) is 39.3. The monoisotopic (exact) mass is 646 g/mol. The average Bonchev–Trinajstić information content (AvgIpc) is 2.85. The first-order valence-electron chi connectivity index (χ1n) is 11.3. The average molecular weight is 646 g/mol. The molecule has 1 heterocycles. The highest BCUT2D eigenvalue weighted by molar-refractivity contribution is 14.1. The Morgan fingerprint density at radius 1 is 0.921 bits per heavy atom. The molecule has 0 aromatic heterocycles. The summed E-state index contributed by atoms with van der Waals surface area (Å²) >= 11 is 1.88. The normalized spacial score (nSPS) is 15.0. The standard InChI is InChI=1S/C27H23IN2O7S/c1-15-5-9-20(10-6-15)38(34,35)37-24-22(28)13-18(14-23(24)36-4)12-21-25(31)29-27(33)30(26(21)32)19-8-7-16(2)17(3)11-19/h5-14H,1-4H3,(H,29,31,33)/b21-12+. The number of barbiturate groups is 1. The van der Waals surface area contributed by atoms with Crippen molar-refractivity contribution in [3.8, 4) is 11.5 Å². The fourth-order valence-corrected chi connectivity index (χ4v) is 5.53. The quantitative estimate of drug-likeness (QED) is 0.179. The number of rotatable bonds is 6. The van der Waals surface area contributed by atoms with Gasteiger partial charge in [0.05, 0.1) is 16.4 Å². The molecule has 9 nitrogen and oxygen atoms in total. The molecule has 0 spiro atoms. The summed E-state index contributed by atoms with van der Waals surface area (Å²) < 4.78 is 36.8. The topological polar surface area (TPSA) is 119 Å². The number of carbonyl (C=O) groups excluding carboxylic acids is 3. The Morgan fingerprint density at radius 3 is 2.24 bits per heavy atom.